The third-order valence-electron chi connectivity index (χ3n) is 4.61. The summed E-state index contributed by atoms with van der Waals surface area (Å²) in [5.74, 6) is -0.0547. The first-order valence-corrected chi connectivity index (χ1v) is 9.25. The molecule has 0 fully saturated rings. The van der Waals surface area contributed by atoms with Gasteiger partial charge in [-0.2, -0.15) is 0 Å². The monoisotopic (exact) mass is 359 g/mol. The van der Waals surface area contributed by atoms with Crippen molar-refractivity contribution in [3.8, 4) is 0 Å². The third-order valence-corrected chi connectivity index (χ3v) is 4.61. The summed E-state index contributed by atoms with van der Waals surface area (Å²) in [5.41, 5.74) is 4.95. The lowest BCUT2D eigenvalue weighted by Gasteiger charge is -2.21. The smallest absolute Gasteiger partial charge is 0.272 e. The van der Waals surface area contributed by atoms with Crippen LogP contribution >= 0.6 is 0 Å². The Bertz CT molecular complexity index is 893. The second-order valence-electron chi connectivity index (χ2n) is 6.51. The number of carbonyl (C=O) groups excluding carboxylic acids is 1. The van der Waals surface area contributed by atoms with Gasteiger partial charge in [-0.15, -0.1) is 0 Å². The van der Waals surface area contributed by atoms with Crippen LogP contribution < -0.4 is 5.32 Å². The van der Waals surface area contributed by atoms with E-state index in [-0.39, 0.29) is 5.91 Å². The number of nitrogens with zero attached hydrogens (tertiary/aromatic N) is 2. The van der Waals surface area contributed by atoms with E-state index < -0.39 is 0 Å². The van der Waals surface area contributed by atoms with E-state index in [1.54, 1.807) is 6.20 Å². The summed E-state index contributed by atoms with van der Waals surface area (Å²) >= 11 is 0. The predicted molar refractivity (Wildman–Crippen MR) is 110 cm³/mol. The number of nitrogens with one attached hydrogen (secondary N) is 1. The summed E-state index contributed by atoms with van der Waals surface area (Å²) in [6.45, 7) is 6.02. The molecule has 0 atom stereocenters. The zero-order valence-electron chi connectivity index (χ0n) is 15.9. The number of amides is 1. The molecular formula is C23H25N3O. The van der Waals surface area contributed by atoms with Crippen LogP contribution in [0.1, 0.15) is 34.1 Å². The highest BCUT2D eigenvalue weighted by Crippen LogP contribution is 2.15. The molecule has 0 aliphatic heterocycles. The Kier molecular flexibility index (Phi) is 6.21. The highest BCUT2D eigenvalue weighted by molar-refractivity contribution is 5.93. The van der Waals surface area contributed by atoms with Crippen molar-refractivity contribution in [1.82, 2.24) is 9.88 Å². The molecule has 1 N–H and O–H groups in total. The molecule has 0 radical (unpaired) electrons. The van der Waals surface area contributed by atoms with Crippen molar-refractivity contribution in [3.63, 3.8) is 0 Å². The number of pyridine rings is 1. The predicted octanol–water partition coefficient (Wildman–Crippen LogP) is 4.66. The molecule has 4 nitrogen and oxygen atoms in total. The maximum absolute atomic E-state index is 12.9. The van der Waals surface area contributed by atoms with Gasteiger partial charge >= 0.3 is 0 Å². The van der Waals surface area contributed by atoms with Crippen molar-refractivity contribution in [2.45, 2.75) is 26.9 Å². The Balaban J connectivity index is 1.70. The summed E-state index contributed by atoms with van der Waals surface area (Å²) in [4.78, 5) is 19.0. The molecule has 0 saturated carbocycles. The minimum absolute atomic E-state index is 0.0547. The second-order valence-corrected chi connectivity index (χ2v) is 6.51. The minimum Gasteiger partial charge on any atom is -0.381 e. The Morgan fingerprint density at radius 3 is 2.52 bits per heavy atom. The molecule has 138 valence electrons. The molecule has 2 aromatic carbocycles. The highest BCUT2D eigenvalue weighted by Gasteiger charge is 2.16. The van der Waals surface area contributed by atoms with Gasteiger partial charge in [-0.1, -0.05) is 54.6 Å². The van der Waals surface area contributed by atoms with Gasteiger partial charge < -0.3 is 10.2 Å². The quantitative estimate of drug-likeness (QED) is 0.667. The molecule has 3 rings (SSSR count). The van der Waals surface area contributed by atoms with Crippen molar-refractivity contribution in [1.29, 1.82) is 0 Å². The highest BCUT2D eigenvalue weighted by atomic mass is 16.2. The average molecular weight is 359 g/mol. The van der Waals surface area contributed by atoms with E-state index in [0.717, 1.165) is 11.3 Å². The normalized spacial score (nSPS) is 10.4. The van der Waals surface area contributed by atoms with Crippen LogP contribution in [0.15, 0.2) is 72.9 Å². The summed E-state index contributed by atoms with van der Waals surface area (Å²) < 4.78 is 0. The molecule has 0 aliphatic carbocycles. The fraction of sp³-hybridized carbons (Fsp3) is 0.217. The molecular weight excluding hydrogens is 334 g/mol. The summed E-state index contributed by atoms with van der Waals surface area (Å²) in [6.07, 6.45) is 1.68. The minimum atomic E-state index is -0.0547. The van der Waals surface area contributed by atoms with Gasteiger partial charge in [-0.3, -0.25) is 9.78 Å². The van der Waals surface area contributed by atoms with Gasteiger partial charge in [0, 0.05) is 31.5 Å². The van der Waals surface area contributed by atoms with E-state index in [0.29, 0.717) is 25.3 Å². The fourth-order valence-electron chi connectivity index (χ4n) is 2.96. The van der Waals surface area contributed by atoms with Gasteiger partial charge in [-0.05, 0) is 42.7 Å². The van der Waals surface area contributed by atoms with Crippen LogP contribution in [0.3, 0.4) is 0 Å². The van der Waals surface area contributed by atoms with Gasteiger partial charge in [0.2, 0.25) is 0 Å². The number of rotatable bonds is 7. The third kappa shape index (κ3) is 4.94. The number of aromatic nitrogens is 1. The van der Waals surface area contributed by atoms with E-state index in [2.05, 4.69) is 29.4 Å². The molecule has 3 aromatic rings. The van der Waals surface area contributed by atoms with Crippen LogP contribution in [0.25, 0.3) is 0 Å². The number of aryl methyl sites for hydroxylation is 1. The van der Waals surface area contributed by atoms with E-state index in [9.17, 15) is 4.79 Å². The first-order chi connectivity index (χ1) is 13.2. The molecule has 4 heteroatoms. The lowest BCUT2D eigenvalue weighted by molar-refractivity contribution is 0.0746. The summed E-state index contributed by atoms with van der Waals surface area (Å²) in [7, 11) is 0. The van der Waals surface area contributed by atoms with Gasteiger partial charge in [-0.25, -0.2) is 0 Å². The second kappa shape index (κ2) is 8.99. The standard InChI is InChI=1S/C23H25N3O/c1-3-26(17-19-10-5-4-6-11-19)23(27)22-15-21(13-14-24-22)25-16-20-12-8-7-9-18(20)2/h4-15H,3,16-17H2,1-2H3,(H,24,25). The van der Waals surface area contributed by atoms with Crippen molar-refractivity contribution in [2.75, 3.05) is 11.9 Å². The average Bonchev–Trinajstić information content (AvgIpc) is 2.72. The SMILES string of the molecule is CCN(Cc1ccccc1)C(=O)c1cc(NCc2ccccc2C)ccn1. The van der Waals surface area contributed by atoms with Gasteiger partial charge in [0.05, 0.1) is 0 Å². The van der Waals surface area contributed by atoms with E-state index in [1.807, 2.05) is 66.4 Å². The number of hydrogen-bond acceptors (Lipinski definition) is 3. The molecule has 0 unspecified atom stereocenters. The van der Waals surface area contributed by atoms with Crippen LogP contribution in [0.5, 0.6) is 0 Å². The van der Waals surface area contributed by atoms with Crippen LogP contribution in [0.4, 0.5) is 5.69 Å². The van der Waals surface area contributed by atoms with Crippen molar-refractivity contribution < 1.29 is 4.79 Å². The Morgan fingerprint density at radius 2 is 1.78 bits per heavy atom. The first kappa shape index (κ1) is 18.6. The molecule has 0 saturated heterocycles. The lowest BCUT2D eigenvalue weighted by Crippen LogP contribution is -2.31. The van der Waals surface area contributed by atoms with Gasteiger partial charge in [0.15, 0.2) is 0 Å². The van der Waals surface area contributed by atoms with Crippen LogP contribution in [-0.4, -0.2) is 22.3 Å². The maximum Gasteiger partial charge on any atom is 0.272 e. The molecule has 0 spiro atoms. The van der Waals surface area contributed by atoms with Crippen molar-refractivity contribution in [3.05, 3.63) is 95.3 Å². The van der Waals surface area contributed by atoms with E-state index in [4.69, 9.17) is 0 Å². The van der Waals surface area contributed by atoms with Crippen LogP contribution in [0, 0.1) is 6.92 Å². The van der Waals surface area contributed by atoms with Crippen molar-refractivity contribution >= 4 is 11.6 Å². The molecule has 27 heavy (non-hydrogen) atoms. The van der Waals surface area contributed by atoms with Gasteiger partial charge in [0.25, 0.3) is 5.91 Å². The molecule has 1 aromatic heterocycles. The van der Waals surface area contributed by atoms with Crippen LogP contribution in [-0.2, 0) is 13.1 Å². The topological polar surface area (TPSA) is 45.2 Å². The molecule has 1 amide bonds. The first-order valence-electron chi connectivity index (χ1n) is 9.25. The Hall–Kier alpha value is -3.14. The maximum atomic E-state index is 12.9. The lowest BCUT2D eigenvalue weighted by atomic mass is 10.1. The van der Waals surface area contributed by atoms with Crippen molar-refractivity contribution in [2.24, 2.45) is 0 Å². The largest absolute Gasteiger partial charge is 0.381 e. The fourth-order valence-corrected chi connectivity index (χ4v) is 2.96. The number of benzene rings is 2. The summed E-state index contributed by atoms with van der Waals surface area (Å²) in [5, 5.41) is 3.39. The van der Waals surface area contributed by atoms with E-state index in [1.165, 1.54) is 11.1 Å². The summed E-state index contributed by atoms with van der Waals surface area (Å²) in [6, 6.07) is 22.0. The molecule has 0 aliphatic rings. The Morgan fingerprint density at radius 1 is 1.04 bits per heavy atom. The van der Waals surface area contributed by atoms with Gasteiger partial charge in [0.1, 0.15) is 5.69 Å². The Labute approximate surface area is 160 Å². The van der Waals surface area contributed by atoms with E-state index >= 15 is 0 Å². The zero-order valence-corrected chi connectivity index (χ0v) is 15.9. The number of hydrogen-bond donors (Lipinski definition) is 1. The molecule has 0 bridgehead atoms. The van der Waals surface area contributed by atoms with Crippen LogP contribution in [0.2, 0.25) is 0 Å². The number of anilines is 1. The zero-order chi connectivity index (χ0) is 19.1. The molecule has 1 heterocycles. The number of carbonyl (C=O) groups is 1.